The molecular formula is C25H36. The van der Waals surface area contributed by atoms with Gasteiger partial charge in [-0.1, -0.05) is 68.5 Å². The van der Waals surface area contributed by atoms with E-state index in [9.17, 15) is 0 Å². The molecule has 0 aromatic heterocycles. The average Bonchev–Trinajstić information content (AvgIpc) is 2.57. The molecule has 0 radical (unpaired) electrons. The molecule has 0 atom stereocenters. The highest BCUT2D eigenvalue weighted by molar-refractivity contribution is 5.34. The van der Waals surface area contributed by atoms with Crippen molar-refractivity contribution in [3.8, 4) is 0 Å². The molecule has 0 N–H and O–H groups in total. The topological polar surface area (TPSA) is 0 Å². The van der Waals surface area contributed by atoms with Crippen LogP contribution in [0.4, 0.5) is 0 Å². The zero-order valence-corrected chi connectivity index (χ0v) is 16.8. The molecule has 0 bridgehead atoms. The van der Waals surface area contributed by atoms with Crippen molar-refractivity contribution in [2.24, 2.45) is 0 Å². The summed E-state index contributed by atoms with van der Waals surface area (Å²) in [7, 11) is 0. The predicted octanol–water partition coefficient (Wildman–Crippen LogP) is 7.44. The van der Waals surface area contributed by atoms with Crippen molar-refractivity contribution in [3.63, 3.8) is 0 Å². The summed E-state index contributed by atoms with van der Waals surface area (Å²) in [6, 6.07) is 13.3. The Morgan fingerprint density at radius 3 is 1.04 bits per heavy atom. The Morgan fingerprint density at radius 1 is 0.440 bits per heavy atom. The summed E-state index contributed by atoms with van der Waals surface area (Å²) >= 11 is 0. The van der Waals surface area contributed by atoms with Gasteiger partial charge in [-0.15, -0.1) is 0 Å². The van der Waals surface area contributed by atoms with Crippen LogP contribution in [0.3, 0.4) is 0 Å². The molecule has 0 saturated heterocycles. The van der Waals surface area contributed by atoms with Crippen LogP contribution in [0.2, 0.25) is 0 Å². The Balaban J connectivity index is 1.54. The second-order valence-electron chi connectivity index (χ2n) is 7.72. The standard InChI is InChI=1S/C25H36/c1-20-14-12-15-21(2)24(20)18-10-8-6-5-7-9-11-19-25-22(3)16-13-17-23(25)4/h12-17H,5-11,18-19H2,1-4H3. The highest BCUT2D eigenvalue weighted by Crippen LogP contribution is 2.19. The van der Waals surface area contributed by atoms with E-state index in [1.54, 1.807) is 11.1 Å². The van der Waals surface area contributed by atoms with Crippen LogP contribution in [0.15, 0.2) is 36.4 Å². The molecule has 0 unspecified atom stereocenters. The van der Waals surface area contributed by atoms with E-state index in [2.05, 4.69) is 64.1 Å². The molecule has 0 fully saturated rings. The summed E-state index contributed by atoms with van der Waals surface area (Å²) in [6.07, 6.45) is 12.1. The maximum absolute atomic E-state index is 2.25. The van der Waals surface area contributed by atoms with Crippen LogP contribution in [0, 0.1) is 27.7 Å². The van der Waals surface area contributed by atoms with Gasteiger partial charge < -0.3 is 0 Å². The lowest BCUT2D eigenvalue weighted by Crippen LogP contribution is -1.94. The first-order chi connectivity index (χ1) is 12.1. The van der Waals surface area contributed by atoms with Crippen molar-refractivity contribution in [1.82, 2.24) is 0 Å². The predicted molar refractivity (Wildman–Crippen MR) is 112 cm³/mol. The second-order valence-corrected chi connectivity index (χ2v) is 7.72. The molecule has 0 aliphatic carbocycles. The van der Waals surface area contributed by atoms with Gasteiger partial charge in [0.25, 0.3) is 0 Å². The van der Waals surface area contributed by atoms with Gasteiger partial charge in [-0.25, -0.2) is 0 Å². The summed E-state index contributed by atoms with van der Waals surface area (Å²) in [5.74, 6) is 0. The summed E-state index contributed by atoms with van der Waals surface area (Å²) < 4.78 is 0. The summed E-state index contributed by atoms with van der Waals surface area (Å²) in [5, 5.41) is 0. The molecule has 0 heterocycles. The third-order valence-corrected chi connectivity index (χ3v) is 5.64. The van der Waals surface area contributed by atoms with Crippen LogP contribution in [-0.2, 0) is 12.8 Å². The Hall–Kier alpha value is -1.56. The molecule has 2 aromatic rings. The maximum atomic E-state index is 2.25. The Labute approximate surface area is 155 Å². The fraction of sp³-hybridized carbons (Fsp3) is 0.520. The zero-order valence-electron chi connectivity index (χ0n) is 16.8. The lowest BCUT2D eigenvalue weighted by atomic mass is 9.96. The van der Waals surface area contributed by atoms with E-state index in [1.807, 2.05) is 0 Å². The number of unbranched alkanes of at least 4 members (excludes halogenated alkanes) is 6. The molecule has 0 heteroatoms. The van der Waals surface area contributed by atoms with Crippen LogP contribution < -0.4 is 0 Å². The van der Waals surface area contributed by atoms with Crippen molar-refractivity contribution < 1.29 is 0 Å². The van der Waals surface area contributed by atoms with E-state index in [0.29, 0.717) is 0 Å². The van der Waals surface area contributed by atoms with Crippen LogP contribution in [-0.4, -0.2) is 0 Å². The minimum atomic E-state index is 1.26. The molecule has 2 rings (SSSR count). The van der Waals surface area contributed by atoms with Gasteiger partial charge in [0.1, 0.15) is 0 Å². The third-order valence-electron chi connectivity index (χ3n) is 5.64. The van der Waals surface area contributed by atoms with E-state index < -0.39 is 0 Å². The first-order valence-electron chi connectivity index (χ1n) is 10.2. The van der Waals surface area contributed by atoms with Crippen LogP contribution in [0.25, 0.3) is 0 Å². The van der Waals surface area contributed by atoms with E-state index in [1.165, 1.54) is 80.0 Å². The molecule has 0 saturated carbocycles. The Kier molecular flexibility index (Phi) is 8.25. The molecule has 25 heavy (non-hydrogen) atoms. The molecule has 2 aromatic carbocycles. The number of rotatable bonds is 10. The monoisotopic (exact) mass is 336 g/mol. The van der Waals surface area contributed by atoms with Crippen LogP contribution >= 0.6 is 0 Å². The minimum Gasteiger partial charge on any atom is -0.0617 e. The molecule has 0 aliphatic heterocycles. The van der Waals surface area contributed by atoms with Gasteiger partial charge in [0.05, 0.1) is 0 Å². The smallest absolute Gasteiger partial charge is 0.0274 e. The van der Waals surface area contributed by atoms with Gasteiger partial charge in [0.2, 0.25) is 0 Å². The van der Waals surface area contributed by atoms with Gasteiger partial charge in [0.15, 0.2) is 0 Å². The van der Waals surface area contributed by atoms with Gasteiger partial charge in [0, 0.05) is 0 Å². The molecule has 0 aliphatic rings. The molecule has 0 spiro atoms. The number of hydrogen-bond acceptors (Lipinski definition) is 0. The number of aryl methyl sites for hydroxylation is 4. The van der Waals surface area contributed by atoms with Crippen molar-refractivity contribution in [1.29, 1.82) is 0 Å². The van der Waals surface area contributed by atoms with Crippen LogP contribution in [0.1, 0.15) is 78.3 Å². The SMILES string of the molecule is Cc1cccc(C)c1CCCCCCCCCc1c(C)cccc1C. The average molecular weight is 337 g/mol. The Morgan fingerprint density at radius 2 is 0.720 bits per heavy atom. The first kappa shape index (κ1) is 19.8. The van der Waals surface area contributed by atoms with Crippen molar-refractivity contribution in [3.05, 3.63) is 69.8 Å². The van der Waals surface area contributed by atoms with Crippen molar-refractivity contribution in [2.75, 3.05) is 0 Å². The highest BCUT2D eigenvalue weighted by atomic mass is 14.1. The first-order valence-corrected chi connectivity index (χ1v) is 10.2. The minimum absolute atomic E-state index is 1.26. The lowest BCUT2D eigenvalue weighted by molar-refractivity contribution is 0.578. The third kappa shape index (κ3) is 6.34. The fourth-order valence-corrected chi connectivity index (χ4v) is 3.97. The largest absolute Gasteiger partial charge is 0.0617 e. The fourth-order valence-electron chi connectivity index (χ4n) is 3.97. The summed E-state index contributed by atoms with van der Waals surface area (Å²) in [4.78, 5) is 0. The lowest BCUT2D eigenvalue weighted by Gasteiger charge is -2.10. The van der Waals surface area contributed by atoms with Crippen LogP contribution in [0.5, 0.6) is 0 Å². The van der Waals surface area contributed by atoms with Gasteiger partial charge in [-0.05, 0) is 86.8 Å². The highest BCUT2D eigenvalue weighted by Gasteiger charge is 2.03. The quantitative estimate of drug-likeness (QED) is 0.395. The van der Waals surface area contributed by atoms with Crippen molar-refractivity contribution >= 4 is 0 Å². The van der Waals surface area contributed by atoms with Gasteiger partial charge >= 0.3 is 0 Å². The summed E-state index contributed by atoms with van der Waals surface area (Å²) in [6.45, 7) is 8.99. The zero-order chi connectivity index (χ0) is 18.1. The van der Waals surface area contributed by atoms with E-state index in [-0.39, 0.29) is 0 Å². The normalized spacial score (nSPS) is 11.0. The van der Waals surface area contributed by atoms with E-state index in [4.69, 9.17) is 0 Å². The van der Waals surface area contributed by atoms with Gasteiger partial charge in [-0.2, -0.15) is 0 Å². The number of hydrogen-bond donors (Lipinski definition) is 0. The maximum Gasteiger partial charge on any atom is -0.0274 e. The molecular weight excluding hydrogens is 300 g/mol. The van der Waals surface area contributed by atoms with E-state index >= 15 is 0 Å². The second kappa shape index (κ2) is 10.4. The molecule has 136 valence electrons. The van der Waals surface area contributed by atoms with E-state index in [0.717, 1.165) is 0 Å². The summed E-state index contributed by atoms with van der Waals surface area (Å²) in [5.41, 5.74) is 9.02. The van der Waals surface area contributed by atoms with Crippen molar-refractivity contribution in [2.45, 2.75) is 85.5 Å². The Bertz CT molecular complexity index is 553. The van der Waals surface area contributed by atoms with Gasteiger partial charge in [-0.3, -0.25) is 0 Å². The molecule has 0 amide bonds. The molecule has 0 nitrogen and oxygen atoms in total. The number of benzene rings is 2.